The fourth-order valence-electron chi connectivity index (χ4n) is 0.838. The first-order valence-electron chi connectivity index (χ1n) is 4.60. The zero-order valence-electron chi connectivity index (χ0n) is 8.90. The molecular weight excluding hydrogens is 176 g/mol. The van der Waals surface area contributed by atoms with E-state index in [9.17, 15) is 0 Å². The zero-order chi connectivity index (χ0) is 10.8. The summed E-state index contributed by atoms with van der Waals surface area (Å²) in [5.41, 5.74) is 0.945. The number of hydrogen-bond donors (Lipinski definition) is 0. The molecular formula is C12H18O2. The van der Waals surface area contributed by atoms with Gasteiger partial charge in [0, 0.05) is 0 Å². The maximum atomic E-state index is 5.11. The van der Waals surface area contributed by atoms with Gasteiger partial charge in [0.1, 0.15) is 12.7 Å². The molecule has 2 heteroatoms. The lowest BCUT2D eigenvalue weighted by molar-refractivity contribution is -0.304. The van der Waals surface area contributed by atoms with Crippen LogP contribution in [-0.2, 0) is 9.78 Å². The lowest BCUT2D eigenvalue weighted by Gasteiger charge is -2.11. The van der Waals surface area contributed by atoms with Crippen LogP contribution in [0.1, 0.15) is 13.8 Å². The van der Waals surface area contributed by atoms with Gasteiger partial charge in [0.05, 0.1) is 0 Å². The van der Waals surface area contributed by atoms with Crippen molar-refractivity contribution in [2.24, 2.45) is 0 Å². The largest absolute Gasteiger partial charge is 0.232 e. The summed E-state index contributed by atoms with van der Waals surface area (Å²) in [5.74, 6) is 0. The van der Waals surface area contributed by atoms with Crippen molar-refractivity contribution >= 4 is 0 Å². The van der Waals surface area contributed by atoms with Crippen molar-refractivity contribution in [2.75, 3.05) is 6.61 Å². The molecule has 0 saturated carbocycles. The Labute approximate surface area is 86.2 Å². The highest BCUT2D eigenvalue weighted by atomic mass is 17.2. The molecule has 0 rings (SSSR count). The summed E-state index contributed by atoms with van der Waals surface area (Å²) in [6.07, 6.45) is 8.92. The maximum Gasteiger partial charge on any atom is 0.115 e. The quantitative estimate of drug-likeness (QED) is 0.204. The van der Waals surface area contributed by atoms with Gasteiger partial charge in [-0.05, 0) is 19.4 Å². The highest BCUT2D eigenvalue weighted by Crippen LogP contribution is 2.08. The van der Waals surface area contributed by atoms with Crippen molar-refractivity contribution in [3.8, 4) is 0 Å². The van der Waals surface area contributed by atoms with Gasteiger partial charge in [0.25, 0.3) is 0 Å². The highest BCUT2D eigenvalue weighted by molar-refractivity contribution is 5.24. The van der Waals surface area contributed by atoms with Crippen LogP contribution in [0.4, 0.5) is 0 Å². The molecule has 0 radical (unpaired) electrons. The molecule has 0 aromatic rings. The molecule has 0 saturated heterocycles. The van der Waals surface area contributed by atoms with E-state index in [1.807, 2.05) is 32.1 Å². The summed E-state index contributed by atoms with van der Waals surface area (Å²) >= 11 is 0. The number of rotatable bonds is 7. The molecule has 1 atom stereocenters. The molecule has 78 valence electrons. The molecule has 0 amide bonds. The van der Waals surface area contributed by atoms with Crippen LogP contribution in [0.3, 0.4) is 0 Å². The van der Waals surface area contributed by atoms with Crippen LogP contribution in [0.5, 0.6) is 0 Å². The molecule has 0 aromatic carbocycles. The van der Waals surface area contributed by atoms with Crippen LogP contribution in [0.25, 0.3) is 0 Å². The first-order valence-corrected chi connectivity index (χ1v) is 4.60. The van der Waals surface area contributed by atoms with Gasteiger partial charge in [-0.3, -0.25) is 0 Å². The molecule has 14 heavy (non-hydrogen) atoms. The Kier molecular flexibility index (Phi) is 7.80. The average molecular weight is 194 g/mol. The summed E-state index contributed by atoms with van der Waals surface area (Å²) in [4.78, 5) is 10.1. The Morgan fingerprint density at radius 1 is 1.43 bits per heavy atom. The Morgan fingerprint density at radius 3 is 2.64 bits per heavy atom. The summed E-state index contributed by atoms with van der Waals surface area (Å²) in [7, 11) is 0. The Morgan fingerprint density at radius 2 is 2.14 bits per heavy atom. The first kappa shape index (κ1) is 12.9. The zero-order valence-corrected chi connectivity index (χ0v) is 8.90. The van der Waals surface area contributed by atoms with E-state index in [0.717, 1.165) is 5.57 Å². The molecule has 0 bridgehead atoms. The lowest BCUT2D eigenvalue weighted by Crippen LogP contribution is -2.10. The third-order valence-corrected chi connectivity index (χ3v) is 1.63. The number of hydrogen-bond acceptors (Lipinski definition) is 2. The molecule has 0 spiro atoms. The molecule has 0 aliphatic heterocycles. The van der Waals surface area contributed by atoms with E-state index < -0.39 is 0 Å². The van der Waals surface area contributed by atoms with Crippen molar-refractivity contribution in [1.82, 2.24) is 0 Å². The van der Waals surface area contributed by atoms with Crippen molar-refractivity contribution < 1.29 is 9.78 Å². The van der Waals surface area contributed by atoms with Gasteiger partial charge < -0.3 is 0 Å². The number of allylic oxidation sites excluding steroid dienone is 3. The van der Waals surface area contributed by atoms with Gasteiger partial charge in [-0.1, -0.05) is 43.5 Å². The average Bonchev–Trinajstić information content (AvgIpc) is 2.20. The second-order valence-electron chi connectivity index (χ2n) is 2.70. The molecule has 1 unspecified atom stereocenters. The third-order valence-electron chi connectivity index (χ3n) is 1.63. The van der Waals surface area contributed by atoms with Crippen LogP contribution in [0, 0.1) is 0 Å². The fourth-order valence-corrected chi connectivity index (χ4v) is 0.838. The van der Waals surface area contributed by atoms with E-state index in [1.54, 1.807) is 12.2 Å². The second kappa shape index (κ2) is 8.48. The normalized spacial score (nSPS) is 14.3. The summed E-state index contributed by atoms with van der Waals surface area (Å²) in [5, 5.41) is 0. The molecule has 0 N–H and O–H groups in total. The molecule has 0 aliphatic carbocycles. The predicted octanol–water partition coefficient (Wildman–Crippen LogP) is 3.20. The van der Waals surface area contributed by atoms with Crippen LogP contribution >= 0.6 is 0 Å². The monoisotopic (exact) mass is 194 g/mol. The highest BCUT2D eigenvalue weighted by Gasteiger charge is 2.05. The second-order valence-corrected chi connectivity index (χ2v) is 2.70. The van der Waals surface area contributed by atoms with E-state index in [0.29, 0.717) is 6.61 Å². The molecule has 0 fully saturated rings. The fraction of sp³-hybridized carbons (Fsp3) is 0.333. The van der Waals surface area contributed by atoms with Crippen molar-refractivity contribution in [1.29, 1.82) is 0 Å². The van der Waals surface area contributed by atoms with E-state index >= 15 is 0 Å². The van der Waals surface area contributed by atoms with E-state index in [-0.39, 0.29) is 6.10 Å². The summed E-state index contributed by atoms with van der Waals surface area (Å²) in [6, 6.07) is 0. The Balaban J connectivity index is 3.92. The SMILES string of the molecule is C=C/C=C(\C=C)C(C)OOC/C=C/C. The first-order chi connectivity index (χ1) is 6.76. The Hall–Kier alpha value is -1.12. The summed E-state index contributed by atoms with van der Waals surface area (Å²) in [6.45, 7) is 11.6. The van der Waals surface area contributed by atoms with Crippen molar-refractivity contribution in [2.45, 2.75) is 20.0 Å². The van der Waals surface area contributed by atoms with Gasteiger partial charge >= 0.3 is 0 Å². The predicted molar refractivity (Wildman–Crippen MR) is 59.8 cm³/mol. The standard InChI is InChI=1S/C12H18O2/c1-5-8-10-13-14-11(4)12(7-3)9-6-2/h5-9,11H,2-3,10H2,1,4H3/b8-5+,12-9+. The lowest BCUT2D eigenvalue weighted by atomic mass is 10.1. The van der Waals surface area contributed by atoms with Gasteiger partial charge in [0.15, 0.2) is 0 Å². The minimum Gasteiger partial charge on any atom is -0.232 e. The van der Waals surface area contributed by atoms with Gasteiger partial charge in [0.2, 0.25) is 0 Å². The van der Waals surface area contributed by atoms with Gasteiger partial charge in [-0.15, -0.1) is 0 Å². The molecule has 0 aromatic heterocycles. The van der Waals surface area contributed by atoms with Crippen molar-refractivity contribution in [3.05, 3.63) is 49.1 Å². The van der Waals surface area contributed by atoms with Crippen LogP contribution in [0.2, 0.25) is 0 Å². The minimum atomic E-state index is -0.129. The topological polar surface area (TPSA) is 18.5 Å². The maximum absolute atomic E-state index is 5.11. The Bertz CT molecular complexity index is 226. The van der Waals surface area contributed by atoms with Gasteiger partial charge in [-0.2, -0.15) is 0 Å². The summed E-state index contributed by atoms with van der Waals surface area (Å²) < 4.78 is 0. The van der Waals surface area contributed by atoms with Crippen LogP contribution < -0.4 is 0 Å². The third kappa shape index (κ3) is 5.51. The minimum absolute atomic E-state index is 0.129. The molecule has 0 aliphatic rings. The van der Waals surface area contributed by atoms with Crippen LogP contribution in [-0.4, -0.2) is 12.7 Å². The van der Waals surface area contributed by atoms with E-state index in [4.69, 9.17) is 9.78 Å². The van der Waals surface area contributed by atoms with Gasteiger partial charge in [-0.25, -0.2) is 9.78 Å². The molecule has 2 nitrogen and oxygen atoms in total. The van der Waals surface area contributed by atoms with E-state index in [2.05, 4.69) is 13.2 Å². The van der Waals surface area contributed by atoms with Crippen LogP contribution in [0.15, 0.2) is 49.1 Å². The van der Waals surface area contributed by atoms with Crippen molar-refractivity contribution in [3.63, 3.8) is 0 Å². The molecule has 0 heterocycles. The van der Waals surface area contributed by atoms with E-state index in [1.165, 1.54) is 0 Å². The smallest absolute Gasteiger partial charge is 0.115 e.